The molecule has 0 aliphatic carbocycles. The molecule has 31 heavy (non-hydrogen) atoms. The lowest BCUT2D eigenvalue weighted by Crippen LogP contribution is -2.24. The molecule has 0 bridgehead atoms. The van der Waals surface area contributed by atoms with Gasteiger partial charge in [0.2, 0.25) is 5.91 Å². The Morgan fingerprint density at radius 3 is 2.74 bits per heavy atom. The minimum atomic E-state index is -0.267. The highest BCUT2D eigenvalue weighted by molar-refractivity contribution is 8.00. The molecule has 0 saturated carbocycles. The third-order valence-corrected chi connectivity index (χ3v) is 7.71. The summed E-state index contributed by atoms with van der Waals surface area (Å²) in [7, 11) is 0. The van der Waals surface area contributed by atoms with Crippen LogP contribution in [0.1, 0.15) is 28.6 Å². The molecule has 158 valence electrons. The van der Waals surface area contributed by atoms with Crippen LogP contribution in [0.25, 0.3) is 10.2 Å². The number of hydrogen-bond acceptors (Lipinski definition) is 6. The maximum Gasteiger partial charge on any atom is 0.265 e. The maximum atomic E-state index is 12.9. The number of thiazole rings is 1. The van der Waals surface area contributed by atoms with Gasteiger partial charge in [-0.1, -0.05) is 36.5 Å². The number of nitrogens with zero attached hydrogens (tertiary/aromatic N) is 1. The number of fused-ring (bicyclic) bond motifs is 1. The molecule has 8 heteroatoms. The topological polar surface area (TPSA) is 71.1 Å². The molecule has 2 aromatic carbocycles. The van der Waals surface area contributed by atoms with Crippen LogP contribution in [0.4, 0.5) is 10.8 Å². The van der Waals surface area contributed by atoms with Gasteiger partial charge in [0.25, 0.3) is 5.91 Å². The normalized spacial score (nSPS) is 11.9. The summed E-state index contributed by atoms with van der Waals surface area (Å²) in [5, 5.41) is 8.10. The molecular formula is C23H21N3O2S3. The first-order chi connectivity index (χ1) is 15.0. The number of hydrogen-bond donors (Lipinski definition) is 2. The fraction of sp³-hybridized carbons (Fsp3) is 0.174. The van der Waals surface area contributed by atoms with Crippen molar-refractivity contribution in [3.05, 3.63) is 70.4 Å². The molecule has 4 rings (SSSR count). The fourth-order valence-electron chi connectivity index (χ4n) is 3.01. The number of carbonyl (C=O) groups excluding carboxylic acids is 2. The summed E-state index contributed by atoms with van der Waals surface area (Å²) >= 11 is 4.36. The van der Waals surface area contributed by atoms with Crippen molar-refractivity contribution in [2.45, 2.75) is 30.4 Å². The molecule has 0 aliphatic heterocycles. The molecule has 0 saturated heterocycles. The molecule has 1 atom stereocenters. The van der Waals surface area contributed by atoms with Gasteiger partial charge in [-0.15, -0.1) is 23.1 Å². The van der Waals surface area contributed by atoms with Crippen molar-refractivity contribution >= 4 is 67.3 Å². The summed E-state index contributed by atoms with van der Waals surface area (Å²) < 4.78 is 1.06. The van der Waals surface area contributed by atoms with Crippen molar-refractivity contribution in [1.29, 1.82) is 0 Å². The van der Waals surface area contributed by atoms with Gasteiger partial charge in [-0.2, -0.15) is 0 Å². The lowest BCUT2D eigenvalue weighted by molar-refractivity contribution is -0.115. The number of nitrogens with one attached hydrogen (secondary N) is 2. The lowest BCUT2D eigenvalue weighted by atomic mass is 10.2. The molecule has 2 N–H and O–H groups in total. The Labute approximate surface area is 192 Å². The maximum absolute atomic E-state index is 12.9. The van der Waals surface area contributed by atoms with E-state index < -0.39 is 0 Å². The number of carbonyl (C=O) groups is 2. The largest absolute Gasteiger partial charge is 0.321 e. The van der Waals surface area contributed by atoms with Gasteiger partial charge in [0.15, 0.2) is 5.13 Å². The molecule has 2 aromatic heterocycles. The second-order valence-corrected chi connectivity index (χ2v) is 10.2. The van der Waals surface area contributed by atoms with Crippen LogP contribution in [0.2, 0.25) is 0 Å². The predicted molar refractivity (Wildman–Crippen MR) is 132 cm³/mol. The monoisotopic (exact) mass is 467 g/mol. The van der Waals surface area contributed by atoms with Gasteiger partial charge in [0.05, 0.1) is 20.3 Å². The Hall–Kier alpha value is -2.68. The molecule has 2 amide bonds. The van der Waals surface area contributed by atoms with Gasteiger partial charge < -0.3 is 10.6 Å². The summed E-state index contributed by atoms with van der Waals surface area (Å²) in [6.45, 7) is 4.03. The van der Waals surface area contributed by atoms with Crippen molar-refractivity contribution in [2.24, 2.45) is 0 Å². The summed E-state index contributed by atoms with van der Waals surface area (Å²) in [5.74, 6) is -0.204. The second-order valence-electron chi connectivity index (χ2n) is 6.95. The number of aromatic nitrogens is 1. The highest BCUT2D eigenvalue weighted by Gasteiger charge is 2.20. The smallest absolute Gasteiger partial charge is 0.265 e. The van der Waals surface area contributed by atoms with Crippen LogP contribution in [-0.4, -0.2) is 22.0 Å². The van der Waals surface area contributed by atoms with E-state index in [0.29, 0.717) is 22.1 Å². The van der Waals surface area contributed by atoms with Crippen molar-refractivity contribution in [2.75, 3.05) is 10.6 Å². The molecule has 0 fully saturated rings. The zero-order valence-corrected chi connectivity index (χ0v) is 19.5. The summed E-state index contributed by atoms with van der Waals surface area (Å²) in [6, 6.07) is 17.3. The third kappa shape index (κ3) is 5.33. The lowest BCUT2D eigenvalue weighted by Gasteiger charge is -2.14. The van der Waals surface area contributed by atoms with Crippen LogP contribution in [0, 0.1) is 6.92 Å². The van der Waals surface area contributed by atoms with Gasteiger partial charge >= 0.3 is 0 Å². The Balaban J connectivity index is 1.43. The number of anilines is 2. The van der Waals surface area contributed by atoms with Crippen molar-refractivity contribution in [1.82, 2.24) is 4.98 Å². The van der Waals surface area contributed by atoms with Crippen LogP contribution in [0.15, 0.2) is 64.9 Å². The average molecular weight is 468 g/mol. The summed E-state index contributed by atoms with van der Waals surface area (Å²) in [4.78, 5) is 31.3. The van der Waals surface area contributed by atoms with Crippen LogP contribution in [0.5, 0.6) is 0 Å². The Bertz CT molecular complexity index is 1220. The minimum absolute atomic E-state index is 0.0729. The first-order valence-corrected chi connectivity index (χ1v) is 12.4. The van der Waals surface area contributed by atoms with E-state index in [4.69, 9.17) is 0 Å². The average Bonchev–Trinajstić information content (AvgIpc) is 3.41. The minimum Gasteiger partial charge on any atom is -0.321 e. The van der Waals surface area contributed by atoms with Crippen molar-refractivity contribution in [3.63, 3.8) is 0 Å². The van der Waals surface area contributed by atoms with Gasteiger partial charge in [0, 0.05) is 10.6 Å². The van der Waals surface area contributed by atoms with Gasteiger partial charge in [-0.3, -0.25) is 9.59 Å². The third-order valence-electron chi connectivity index (χ3n) is 4.55. The van der Waals surface area contributed by atoms with E-state index in [0.717, 1.165) is 15.1 Å². The van der Waals surface area contributed by atoms with Crippen LogP contribution in [0.3, 0.4) is 0 Å². The molecule has 4 aromatic rings. The number of rotatable bonds is 7. The number of thioether (sulfide) groups is 1. The fourth-order valence-corrected chi connectivity index (χ4v) is 5.60. The highest BCUT2D eigenvalue weighted by Crippen LogP contribution is 2.31. The zero-order valence-electron chi connectivity index (χ0n) is 17.0. The summed E-state index contributed by atoms with van der Waals surface area (Å²) in [5.41, 5.74) is 2.77. The summed E-state index contributed by atoms with van der Waals surface area (Å²) in [6.07, 6.45) is 0.673. The van der Waals surface area contributed by atoms with Crippen molar-refractivity contribution < 1.29 is 9.59 Å². The Morgan fingerprint density at radius 1 is 1.10 bits per heavy atom. The van der Waals surface area contributed by atoms with Crippen molar-refractivity contribution in [3.8, 4) is 0 Å². The number of benzene rings is 2. The van der Waals surface area contributed by atoms with E-state index in [9.17, 15) is 9.59 Å². The van der Waals surface area contributed by atoms with E-state index >= 15 is 0 Å². The molecule has 1 unspecified atom stereocenters. The molecule has 0 aliphatic rings. The van der Waals surface area contributed by atoms with Crippen LogP contribution < -0.4 is 10.6 Å². The first kappa shape index (κ1) is 21.5. The molecule has 0 spiro atoms. The van der Waals surface area contributed by atoms with E-state index in [1.807, 2.05) is 61.7 Å². The quantitative estimate of drug-likeness (QED) is 0.307. The Kier molecular flexibility index (Phi) is 6.70. The van der Waals surface area contributed by atoms with E-state index in [1.54, 1.807) is 6.07 Å². The van der Waals surface area contributed by atoms with Crippen LogP contribution in [-0.2, 0) is 4.79 Å². The van der Waals surface area contributed by atoms with Crippen LogP contribution >= 0.6 is 34.4 Å². The second kappa shape index (κ2) is 9.64. The van der Waals surface area contributed by atoms with Gasteiger partial charge in [-0.05, 0) is 60.7 Å². The SMILES string of the molecule is CCC(Sc1cccc(NC(=O)c2cccs2)c1)C(=O)Nc1nc2ccc(C)cc2s1. The number of aryl methyl sites for hydroxylation is 1. The predicted octanol–water partition coefficient (Wildman–Crippen LogP) is 6.43. The molecular weight excluding hydrogens is 446 g/mol. The zero-order chi connectivity index (χ0) is 21.8. The van der Waals surface area contributed by atoms with E-state index in [2.05, 4.69) is 21.7 Å². The van der Waals surface area contributed by atoms with E-state index in [1.165, 1.54) is 40.0 Å². The first-order valence-electron chi connectivity index (χ1n) is 9.81. The standard InChI is InChI=1S/C23H21N3O2S3/c1-3-18(21(27)26-23-25-17-10-9-14(2)12-20(17)31-23)30-16-7-4-6-15(13-16)24-22(28)19-8-5-11-29-19/h4-13,18H,3H2,1-2H3,(H,24,28)(H,25,26,27). The van der Waals surface area contributed by atoms with Gasteiger partial charge in [-0.25, -0.2) is 4.98 Å². The Morgan fingerprint density at radius 2 is 1.97 bits per heavy atom. The van der Waals surface area contributed by atoms with Gasteiger partial charge in [0.1, 0.15) is 0 Å². The molecule has 2 heterocycles. The molecule has 5 nitrogen and oxygen atoms in total. The number of thiophene rings is 1. The number of amides is 2. The highest BCUT2D eigenvalue weighted by atomic mass is 32.2. The molecule has 0 radical (unpaired) electrons. The van der Waals surface area contributed by atoms with E-state index in [-0.39, 0.29) is 17.1 Å².